The number of hydrogen-bond acceptors (Lipinski definition) is 4. The SMILES string of the molecule is CCNC(=NCC1CCCN1C)NCCCN1C(=O)C2C3C=CC(C3)C2C1=O.I. The molecule has 2 aliphatic heterocycles. The van der Waals surface area contributed by atoms with Crippen LogP contribution in [-0.4, -0.2) is 73.4 Å². The molecule has 4 rings (SSSR count). The molecule has 2 N–H and O–H groups in total. The van der Waals surface area contributed by atoms with Crippen LogP contribution in [0.5, 0.6) is 0 Å². The highest BCUT2D eigenvalue weighted by Crippen LogP contribution is 2.52. The van der Waals surface area contributed by atoms with Crippen LogP contribution < -0.4 is 10.6 Å². The number of fused-ring (bicyclic) bond motifs is 5. The van der Waals surface area contributed by atoms with Gasteiger partial charge in [-0.25, -0.2) is 0 Å². The van der Waals surface area contributed by atoms with Crippen molar-refractivity contribution in [3.8, 4) is 0 Å². The normalized spacial score (nSPS) is 33.4. The van der Waals surface area contributed by atoms with Gasteiger partial charge in [0.15, 0.2) is 5.96 Å². The second-order valence-corrected chi connectivity index (χ2v) is 8.60. The van der Waals surface area contributed by atoms with E-state index in [1.807, 2.05) is 0 Å². The number of aliphatic imine (C=N–C) groups is 1. The first-order valence-corrected chi connectivity index (χ1v) is 10.9. The first-order valence-electron chi connectivity index (χ1n) is 10.9. The molecule has 2 bridgehead atoms. The summed E-state index contributed by atoms with van der Waals surface area (Å²) in [4.78, 5) is 34.0. The van der Waals surface area contributed by atoms with Crippen molar-refractivity contribution in [3.63, 3.8) is 0 Å². The van der Waals surface area contributed by atoms with Crippen LogP contribution in [0, 0.1) is 23.7 Å². The Bertz CT molecular complexity index is 652. The predicted molar refractivity (Wildman–Crippen MR) is 124 cm³/mol. The molecule has 2 aliphatic carbocycles. The summed E-state index contributed by atoms with van der Waals surface area (Å²) in [5.74, 6) is 1.33. The number of allylic oxidation sites excluding steroid dienone is 2. The molecule has 0 aromatic carbocycles. The Balaban J connectivity index is 0.00000240. The number of nitrogens with zero attached hydrogens (tertiary/aromatic N) is 3. The van der Waals surface area contributed by atoms with Crippen LogP contribution >= 0.6 is 24.0 Å². The minimum absolute atomic E-state index is 0. The van der Waals surface area contributed by atoms with Crippen molar-refractivity contribution in [2.45, 2.75) is 38.6 Å². The minimum atomic E-state index is -0.0854. The molecule has 5 unspecified atom stereocenters. The number of imide groups is 1. The van der Waals surface area contributed by atoms with E-state index in [4.69, 9.17) is 4.99 Å². The molecule has 29 heavy (non-hydrogen) atoms. The summed E-state index contributed by atoms with van der Waals surface area (Å²) < 4.78 is 0. The lowest BCUT2D eigenvalue weighted by Gasteiger charge is -2.19. The van der Waals surface area contributed by atoms with Gasteiger partial charge in [0.2, 0.25) is 11.8 Å². The van der Waals surface area contributed by atoms with E-state index >= 15 is 0 Å². The predicted octanol–water partition coefficient (Wildman–Crippen LogP) is 1.45. The minimum Gasteiger partial charge on any atom is -0.357 e. The molecule has 0 radical (unpaired) electrons. The molecule has 0 aromatic rings. The van der Waals surface area contributed by atoms with Crippen molar-refractivity contribution in [2.75, 3.05) is 39.8 Å². The number of amides is 2. The van der Waals surface area contributed by atoms with Gasteiger partial charge in [0.1, 0.15) is 0 Å². The first kappa shape index (κ1) is 22.5. The Hall–Kier alpha value is -1.16. The lowest BCUT2D eigenvalue weighted by atomic mass is 9.85. The summed E-state index contributed by atoms with van der Waals surface area (Å²) in [7, 11) is 2.16. The zero-order chi connectivity index (χ0) is 19.7. The molecule has 5 atom stereocenters. The van der Waals surface area contributed by atoms with Gasteiger partial charge in [-0.05, 0) is 58.0 Å². The fourth-order valence-electron chi connectivity index (χ4n) is 5.38. The largest absolute Gasteiger partial charge is 0.357 e. The van der Waals surface area contributed by atoms with E-state index in [0.717, 1.165) is 38.4 Å². The maximum atomic E-state index is 12.7. The van der Waals surface area contributed by atoms with Crippen molar-refractivity contribution in [1.82, 2.24) is 20.4 Å². The lowest BCUT2D eigenvalue weighted by Crippen LogP contribution is -2.40. The Morgan fingerprint density at radius 3 is 2.45 bits per heavy atom. The zero-order valence-corrected chi connectivity index (χ0v) is 19.8. The number of rotatable bonds is 7. The molecule has 2 saturated heterocycles. The molecule has 0 spiro atoms. The molecular formula is C21H34IN5O2. The fraction of sp³-hybridized carbons (Fsp3) is 0.762. The van der Waals surface area contributed by atoms with E-state index in [-0.39, 0.29) is 59.5 Å². The second-order valence-electron chi connectivity index (χ2n) is 8.60. The van der Waals surface area contributed by atoms with Crippen molar-refractivity contribution < 1.29 is 9.59 Å². The third kappa shape index (κ3) is 4.47. The van der Waals surface area contributed by atoms with E-state index in [2.05, 4.69) is 41.7 Å². The number of carbonyl (C=O) groups is 2. The summed E-state index contributed by atoms with van der Waals surface area (Å²) in [5, 5.41) is 6.64. The quantitative estimate of drug-likeness (QED) is 0.134. The smallest absolute Gasteiger partial charge is 0.233 e. The van der Waals surface area contributed by atoms with Crippen LogP contribution in [0.4, 0.5) is 0 Å². The summed E-state index contributed by atoms with van der Waals surface area (Å²) in [5.41, 5.74) is 0. The molecule has 1 saturated carbocycles. The third-order valence-electron chi connectivity index (χ3n) is 6.89. The average Bonchev–Trinajstić information content (AvgIpc) is 3.44. The van der Waals surface area contributed by atoms with Gasteiger partial charge in [-0.3, -0.25) is 19.5 Å². The standard InChI is InChI=1S/C21H33N5O2.HI/c1-3-22-21(24-13-16-6-4-10-25(16)2)23-9-5-11-26-19(27)17-14-7-8-15(12-14)18(17)20(26)28;/h7-8,14-18H,3-6,9-13H2,1-2H3,(H2,22,23,24);1H. The van der Waals surface area contributed by atoms with Gasteiger partial charge in [-0.1, -0.05) is 12.2 Å². The Kier molecular flexibility index (Phi) is 7.58. The highest BCUT2D eigenvalue weighted by molar-refractivity contribution is 14.0. The number of hydrogen-bond donors (Lipinski definition) is 2. The fourth-order valence-corrected chi connectivity index (χ4v) is 5.38. The number of guanidine groups is 1. The Morgan fingerprint density at radius 1 is 1.17 bits per heavy atom. The van der Waals surface area contributed by atoms with Gasteiger partial charge in [-0.2, -0.15) is 0 Å². The highest BCUT2D eigenvalue weighted by atomic mass is 127. The number of nitrogens with one attached hydrogen (secondary N) is 2. The second kappa shape index (κ2) is 9.76. The van der Waals surface area contributed by atoms with Crippen LogP contribution in [0.15, 0.2) is 17.1 Å². The van der Waals surface area contributed by atoms with E-state index in [1.54, 1.807) is 0 Å². The van der Waals surface area contributed by atoms with E-state index in [0.29, 0.717) is 19.1 Å². The zero-order valence-electron chi connectivity index (χ0n) is 17.5. The monoisotopic (exact) mass is 515 g/mol. The Labute approximate surface area is 190 Å². The van der Waals surface area contributed by atoms with Crippen molar-refractivity contribution in [2.24, 2.45) is 28.7 Å². The van der Waals surface area contributed by atoms with Gasteiger partial charge in [0, 0.05) is 25.7 Å². The average molecular weight is 515 g/mol. The van der Waals surface area contributed by atoms with E-state index in [1.165, 1.54) is 17.7 Å². The van der Waals surface area contributed by atoms with Crippen LogP contribution in [-0.2, 0) is 9.59 Å². The number of carbonyl (C=O) groups excluding carboxylic acids is 2. The van der Waals surface area contributed by atoms with Gasteiger partial charge in [-0.15, -0.1) is 24.0 Å². The molecule has 3 fully saturated rings. The third-order valence-corrected chi connectivity index (χ3v) is 6.89. The summed E-state index contributed by atoms with van der Waals surface area (Å²) >= 11 is 0. The van der Waals surface area contributed by atoms with Crippen LogP contribution in [0.3, 0.4) is 0 Å². The van der Waals surface area contributed by atoms with Crippen molar-refractivity contribution in [3.05, 3.63) is 12.2 Å². The van der Waals surface area contributed by atoms with Crippen molar-refractivity contribution in [1.29, 1.82) is 0 Å². The molecule has 2 amide bonds. The summed E-state index contributed by atoms with van der Waals surface area (Å²) in [6.07, 6.45) is 8.47. The summed E-state index contributed by atoms with van der Waals surface area (Å²) in [6.45, 7) is 6.02. The molecule has 8 heteroatoms. The molecular weight excluding hydrogens is 481 g/mol. The maximum Gasteiger partial charge on any atom is 0.233 e. The lowest BCUT2D eigenvalue weighted by molar-refractivity contribution is -0.140. The highest BCUT2D eigenvalue weighted by Gasteiger charge is 2.58. The van der Waals surface area contributed by atoms with Gasteiger partial charge in [0.05, 0.1) is 18.4 Å². The maximum absolute atomic E-state index is 12.7. The van der Waals surface area contributed by atoms with E-state index in [9.17, 15) is 9.59 Å². The molecule has 7 nitrogen and oxygen atoms in total. The molecule has 0 aromatic heterocycles. The topological polar surface area (TPSA) is 77.0 Å². The first-order chi connectivity index (χ1) is 13.6. The molecule has 4 aliphatic rings. The van der Waals surface area contributed by atoms with Gasteiger partial charge < -0.3 is 15.5 Å². The van der Waals surface area contributed by atoms with Gasteiger partial charge >= 0.3 is 0 Å². The van der Waals surface area contributed by atoms with Crippen LogP contribution in [0.25, 0.3) is 0 Å². The number of halogens is 1. The summed E-state index contributed by atoms with van der Waals surface area (Å²) in [6, 6.07) is 0.527. The van der Waals surface area contributed by atoms with E-state index < -0.39 is 0 Å². The van der Waals surface area contributed by atoms with Gasteiger partial charge in [0.25, 0.3) is 0 Å². The number of likely N-dealkylation sites (tertiary alicyclic amines) is 2. The number of likely N-dealkylation sites (N-methyl/N-ethyl adjacent to an activating group) is 1. The molecule has 162 valence electrons. The van der Waals surface area contributed by atoms with Crippen LogP contribution in [0.2, 0.25) is 0 Å². The van der Waals surface area contributed by atoms with Crippen LogP contribution in [0.1, 0.15) is 32.6 Å². The molecule has 2 heterocycles. The Morgan fingerprint density at radius 2 is 1.86 bits per heavy atom. The van der Waals surface area contributed by atoms with Crippen molar-refractivity contribution >= 4 is 41.8 Å².